The summed E-state index contributed by atoms with van der Waals surface area (Å²) in [6, 6.07) is 11.6. The predicted molar refractivity (Wildman–Crippen MR) is 95.8 cm³/mol. The van der Waals surface area contributed by atoms with E-state index in [1.807, 2.05) is 18.2 Å². The van der Waals surface area contributed by atoms with Crippen molar-refractivity contribution in [1.29, 1.82) is 0 Å². The Morgan fingerprint density at radius 2 is 1.96 bits per heavy atom. The summed E-state index contributed by atoms with van der Waals surface area (Å²) in [5.74, 6) is -0.248. The van der Waals surface area contributed by atoms with E-state index in [1.165, 1.54) is 12.1 Å². The SMILES string of the molecule is O=C(NC1COC1)N1CCc2c(cccc2-c2cccc(OC(F)(F)F)c2)C1. The highest BCUT2D eigenvalue weighted by Gasteiger charge is 2.31. The molecule has 0 unspecified atom stereocenters. The summed E-state index contributed by atoms with van der Waals surface area (Å²) < 4.78 is 46.7. The minimum atomic E-state index is -4.73. The molecule has 1 saturated heterocycles. The molecule has 8 heteroatoms. The van der Waals surface area contributed by atoms with Crippen LogP contribution in [0, 0.1) is 0 Å². The Bertz CT molecular complexity index is 881. The van der Waals surface area contributed by atoms with Gasteiger partial charge in [0, 0.05) is 13.1 Å². The van der Waals surface area contributed by atoms with Crippen molar-refractivity contribution < 1.29 is 27.4 Å². The minimum absolute atomic E-state index is 0.0663. The number of fused-ring (bicyclic) bond motifs is 1. The summed E-state index contributed by atoms with van der Waals surface area (Å²) in [5.41, 5.74) is 3.55. The van der Waals surface area contributed by atoms with E-state index in [-0.39, 0.29) is 17.8 Å². The molecule has 2 aliphatic heterocycles. The third kappa shape index (κ3) is 4.06. The molecule has 0 aromatic heterocycles. The number of alkyl halides is 3. The lowest BCUT2D eigenvalue weighted by Crippen LogP contribution is -2.53. The molecule has 0 radical (unpaired) electrons. The van der Waals surface area contributed by atoms with Gasteiger partial charge in [-0.25, -0.2) is 4.79 Å². The van der Waals surface area contributed by atoms with Gasteiger partial charge in [-0.05, 0) is 40.8 Å². The van der Waals surface area contributed by atoms with Gasteiger partial charge in [-0.2, -0.15) is 0 Å². The highest BCUT2D eigenvalue weighted by atomic mass is 19.4. The first-order chi connectivity index (χ1) is 13.4. The monoisotopic (exact) mass is 392 g/mol. The average molecular weight is 392 g/mol. The van der Waals surface area contributed by atoms with Crippen LogP contribution in [0.25, 0.3) is 11.1 Å². The Balaban J connectivity index is 1.55. The molecule has 148 valence electrons. The molecule has 2 amide bonds. The van der Waals surface area contributed by atoms with Crippen molar-refractivity contribution in [3.8, 4) is 16.9 Å². The summed E-state index contributed by atoms with van der Waals surface area (Å²) >= 11 is 0. The number of nitrogens with zero attached hydrogens (tertiary/aromatic N) is 1. The maximum absolute atomic E-state index is 12.5. The van der Waals surface area contributed by atoms with E-state index in [2.05, 4.69) is 10.1 Å². The minimum Gasteiger partial charge on any atom is -0.406 e. The lowest BCUT2D eigenvalue weighted by atomic mass is 9.91. The van der Waals surface area contributed by atoms with Crippen LogP contribution < -0.4 is 10.1 Å². The van der Waals surface area contributed by atoms with Crippen LogP contribution in [-0.2, 0) is 17.7 Å². The molecule has 0 saturated carbocycles. The Kier molecular flexibility index (Phi) is 4.89. The van der Waals surface area contributed by atoms with Crippen LogP contribution in [0.3, 0.4) is 0 Å². The normalized spacial score (nSPS) is 16.9. The van der Waals surface area contributed by atoms with Gasteiger partial charge in [0.2, 0.25) is 0 Å². The summed E-state index contributed by atoms with van der Waals surface area (Å²) in [6.07, 6.45) is -4.10. The van der Waals surface area contributed by atoms with Crippen molar-refractivity contribution in [2.45, 2.75) is 25.4 Å². The number of hydrogen-bond donors (Lipinski definition) is 1. The second-order valence-corrected chi connectivity index (χ2v) is 6.87. The number of nitrogens with one attached hydrogen (secondary N) is 1. The lowest BCUT2D eigenvalue weighted by molar-refractivity contribution is -0.274. The molecule has 1 N–H and O–H groups in total. The molecule has 2 aromatic rings. The van der Waals surface area contributed by atoms with Crippen LogP contribution >= 0.6 is 0 Å². The van der Waals surface area contributed by atoms with Crippen molar-refractivity contribution in [2.75, 3.05) is 19.8 Å². The molecule has 0 atom stereocenters. The molecular weight excluding hydrogens is 373 g/mol. The maximum atomic E-state index is 12.5. The standard InChI is InChI=1S/C20H19F3N2O3/c21-20(22,23)28-16-5-1-3-13(9-16)17-6-2-4-14-10-25(8-7-18(14)17)19(26)24-15-11-27-12-15/h1-6,9,15H,7-8,10-12H2,(H,24,26). The quantitative estimate of drug-likeness (QED) is 0.866. The number of benzene rings is 2. The predicted octanol–water partition coefficient (Wildman–Crippen LogP) is 3.72. The zero-order valence-corrected chi connectivity index (χ0v) is 15.0. The Morgan fingerprint density at radius 3 is 2.68 bits per heavy atom. The molecule has 0 bridgehead atoms. The number of rotatable bonds is 3. The van der Waals surface area contributed by atoms with Gasteiger partial charge in [-0.3, -0.25) is 0 Å². The van der Waals surface area contributed by atoms with Crippen LogP contribution in [0.15, 0.2) is 42.5 Å². The topological polar surface area (TPSA) is 50.8 Å². The van der Waals surface area contributed by atoms with Gasteiger partial charge in [-0.1, -0.05) is 30.3 Å². The second-order valence-electron chi connectivity index (χ2n) is 6.87. The van der Waals surface area contributed by atoms with Gasteiger partial charge in [-0.15, -0.1) is 13.2 Å². The largest absolute Gasteiger partial charge is 0.573 e. The van der Waals surface area contributed by atoms with Gasteiger partial charge in [0.1, 0.15) is 5.75 Å². The van der Waals surface area contributed by atoms with Crippen molar-refractivity contribution in [3.63, 3.8) is 0 Å². The number of ether oxygens (including phenoxy) is 2. The molecule has 5 nitrogen and oxygen atoms in total. The fourth-order valence-electron chi connectivity index (χ4n) is 3.50. The van der Waals surface area contributed by atoms with Crippen molar-refractivity contribution in [3.05, 3.63) is 53.6 Å². The fourth-order valence-corrected chi connectivity index (χ4v) is 3.50. The molecule has 4 rings (SSSR count). The van der Waals surface area contributed by atoms with Crippen LogP contribution in [0.5, 0.6) is 5.75 Å². The van der Waals surface area contributed by atoms with E-state index >= 15 is 0 Å². The third-order valence-corrected chi connectivity index (χ3v) is 4.90. The van der Waals surface area contributed by atoms with E-state index in [9.17, 15) is 18.0 Å². The zero-order valence-electron chi connectivity index (χ0n) is 15.0. The Labute approximate surface area is 160 Å². The van der Waals surface area contributed by atoms with E-state index in [0.717, 1.165) is 16.7 Å². The highest BCUT2D eigenvalue weighted by molar-refractivity contribution is 5.76. The van der Waals surface area contributed by atoms with Gasteiger partial charge < -0.3 is 19.7 Å². The van der Waals surface area contributed by atoms with Gasteiger partial charge in [0.05, 0.1) is 19.3 Å². The van der Waals surface area contributed by atoms with Gasteiger partial charge >= 0.3 is 12.4 Å². The molecule has 28 heavy (non-hydrogen) atoms. The molecular formula is C20H19F3N2O3. The maximum Gasteiger partial charge on any atom is 0.573 e. The summed E-state index contributed by atoms with van der Waals surface area (Å²) in [4.78, 5) is 14.1. The van der Waals surface area contributed by atoms with Crippen molar-refractivity contribution >= 4 is 6.03 Å². The number of carbonyl (C=O) groups is 1. The van der Waals surface area contributed by atoms with E-state index < -0.39 is 6.36 Å². The second kappa shape index (κ2) is 7.35. The molecule has 2 heterocycles. The summed E-state index contributed by atoms with van der Waals surface area (Å²) in [7, 11) is 0. The van der Waals surface area contributed by atoms with Crippen LogP contribution in [-0.4, -0.2) is 43.1 Å². The van der Waals surface area contributed by atoms with Gasteiger partial charge in [0.15, 0.2) is 0 Å². The van der Waals surface area contributed by atoms with E-state index in [0.29, 0.717) is 38.3 Å². The number of hydrogen-bond acceptors (Lipinski definition) is 3. The van der Waals surface area contributed by atoms with E-state index in [1.54, 1.807) is 17.0 Å². The summed E-state index contributed by atoms with van der Waals surface area (Å²) in [5, 5.41) is 2.93. The number of amides is 2. The lowest BCUT2D eigenvalue weighted by Gasteiger charge is -2.34. The zero-order chi connectivity index (χ0) is 19.7. The van der Waals surface area contributed by atoms with Crippen LogP contribution in [0.2, 0.25) is 0 Å². The molecule has 2 aliphatic rings. The van der Waals surface area contributed by atoms with Crippen molar-refractivity contribution in [2.24, 2.45) is 0 Å². The molecule has 1 fully saturated rings. The average Bonchev–Trinajstić information content (AvgIpc) is 2.62. The molecule has 0 spiro atoms. The fraction of sp³-hybridized carbons (Fsp3) is 0.350. The number of urea groups is 1. The highest BCUT2D eigenvalue weighted by Crippen LogP contribution is 2.33. The Morgan fingerprint density at radius 1 is 1.18 bits per heavy atom. The van der Waals surface area contributed by atoms with Crippen molar-refractivity contribution in [1.82, 2.24) is 10.2 Å². The van der Waals surface area contributed by atoms with Crippen LogP contribution in [0.4, 0.5) is 18.0 Å². The molecule has 0 aliphatic carbocycles. The number of halogens is 3. The first kappa shape index (κ1) is 18.6. The van der Waals surface area contributed by atoms with Gasteiger partial charge in [0.25, 0.3) is 0 Å². The first-order valence-corrected chi connectivity index (χ1v) is 8.99. The number of carbonyl (C=O) groups excluding carboxylic acids is 1. The first-order valence-electron chi connectivity index (χ1n) is 8.99. The van der Waals surface area contributed by atoms with E-state index in [4.69, 9.17) is 4.74 Å². The van der Waals surface area contributed by atoms with Crippen LogP contribution in [0.1, 0.15) is 11.1 Å². The summed E-state index contributed by atoms with van der Waals surface area (Å²) in [6.45, 7) is 2.08. The third-order valence-electron chi connectivity index (χ3n) is 4.90. The Hall–Kier alpha value is -2.74. The molecule has 2 aromatic carbocycles. The smallest absolute Gasteiger partial charge is 0.406 e.